The summed E-state index contributed by atoms with van der Waals surface area (Å²) in [5, 5.41) is 7.06. The van der Waals surface area contributed by atoms with E-state index < -0.39 is 0 Å². The Kier molecular flexibility index (Phi) is 6.70. The second-order valence-electron chi connectivity index (χ2n) is 9.23. The molecule has 6 nitrogen and oxygen atoms in total. The Labute approximate surface area is 196 Å². The SMILES string of the molecule is CCCCCCNc1nc(NC2Cc3ccccc3C2)nc(N2CCc3ccccc3C2)n1. The monoisotopic (exact) mass is 442 g/mol. The van der Waals surface area contributed by atoms with E-state index in [0.717, 1.165) is 51.3 Å². The average molecular weight is 443 g/mol. The topological polar surface area (TPSA) is 66.0 Å². The molecule has 0 saturated heterocycles. The second-order valence-corrected chi connectivity index (χ2v) is 9.23. The van der Waals surface area contributed by atoms with Gasteiger partial charge in [-0.2, -0.15) is 15.0 Å². The van der Waals surface area contributed by atoms with Gasteiger partial charge in [0.2, 0.25) is 17.8 Å². The number of benzene rings is 2. The van der Waals surface area contributed by atoms with Gasteiger partial charge < -0.3 is 15.5 Å². The van der Waals surface area contributed by atoms with Gasteiger partial charge in [0.25, 0.3) is 0 Å². The summed E-state index contributed by atoms with van der Waals surface area (Å²) in [5.41, 5.74) is 5.63. The van der Waals surface area contributed by atoms with Crippen molar-refractivity contribution in [2.75, 3.05) is 28.6 Å². The van der Waals surface area contributed by atoms with Crippen LogP contribution in [0, 0.1) is 0 Å². The van der Waals surface area contributed by atoms with Crippen molar-refractivity contribution >= 4 is 17.8 Å². The highest BCUT2D eigenvalue weighted by atomic mass is 15.3. The molecule has 1 aliphatic heterocycles. The van der Waals surface area contributed by atoms with Gasteiger partial charge in [0, 0.05) is 25.7 Å². The van der Waals surface area contributed by atoms with Crippen molar-refractivity contribution in [3.8, 4) is 0 Å². The van der Waals surface area contributed by atoms with Gasteiger partial charge in [-0.3, -0.25) is 0 Å². The summed E-state index contributed by atoms with van der Waals surface area (Å²) in [5.74, 6) is 2.11. The molecule has 3 aromatic rings. The molecule has 0 unspecified atom stereocenters. The third-order valence-electron chi connectivity index (χ3n) is 6.73. The van der Waals surface area contributed by atoms with Crippen molar-refractivity contribution in [2.45, 2.75) is 64.5 Å². The van der Waals surface area contributed by atoms with Crippen LogP contribution in [0.4, 0.5) is 17.8 Å². The van der Waals surface area contributed by atoms with Crippen LogP contribution in [0.15, 0.2) is 48.5 Å². The highest BCUT2D eigenvalue weighted by Crippen LogP contribution is 2.26. The van der Waals surface area contributed by atoms with Gasteiger partial charge in [-0.25, -0.2) is 0 Å². The van der Waals surface area contributed by atoms with E-state index in [4.69, 9.17) is 15.0 Å². The van der Waals surface area contributed by atoms with Crippen LogP contribution < -0.4 is 15.5 Å². The highest BCUT2D eigenvalue weighted by Gasteiger charge is 2.24. The van der Waals surface area contributed by atoms with Gasteiger partial charge in [0.05, 0.1) is 0 Å². The van der Waals surface area contributed by atoms with Crippen molar-refractivity contribution < 1.29 is 0 Å². The molecule has 6 heteroatoms. The molecule has 1 aromatic heterocycles. The molecule has 1 aliphatic carbocycles. The molecule has 0 spiro atoms. The Morgan fingerprint density at radius 1 is 0.818 bits per heavy atom. The molecule has 0 bridgehead atoms. The number of fused-ring (bicyclic) bond motifs is 2. The Morgan fingerprint density at radius 3 is 2.27 bits per heavy atom. The molecule has 172 valence electrons. The lowest BCUT2D eigenvalue weighted by atomic mass is 10.0. The van der Waals surface area contributed by atoms with E-state index in [1.807, 2.05) is 0 Å². The fourth-order valence-electron chi connectivity index (χ4n) is 4.91. The normalized spacial score (nSPS) is 15.2. The molecule has 2 N–H and O–H groups in total. The summed E-state index contributed by atoms with van der Waals surface area (Å²) >= 11 is 0. The van der Waals surface area contributed by atoms with E-state index >= 15 is 0 Å². The van der Waals surface area contributed by atoms with Gasteiger partial charge in [-0.1, -0.05) is 74.7 Å². The number of hydrogen-bond donors (Lipinski definition) is 2. The molecule has 5 rings (SSSR count). The minimum absolute atomic E-state index is 0.317. The number of nitrogens with one attached hydrogen (secondary N) is 2. The highest BCUT2D eigenvalue weighted by molar-refractivity contribution is 5.48. The van der Waals surface area contributed by atoms with Crippen LogP contribution in [-0.4, -0.2) is 34.1 Å². The van der Waals surface area contributed by atoms with Gasteiger partial charge >= 0.3 is 0 Å². The molecule has 0 fully saturated rings. The van der Waals surface area contributed by atoms with E-state index in [1.54, 1.807) is 0 Å². The summed E-state index contributed by atoms with van der Waals surface area (Å²) in [6.45, 7) is 4.89. The van der Waals surface area contributed by atoms with Crippen LogP contribution in [0.25, 0.3) is 0 Å². The zero-order chi connectivity index (χ0) is 22.5. The van der Waals surface area contributed by atoms with Gasteiger partial charge in [0.15, 0.2) is 0 Å². The molecular formula is C27H34N6. The fourth-order valence-corrected chi connectivity index (χ4v) is 4.91. The minimum atomic E-state index is 0.317. The third kappa shape index (κ3) is 5.27. The lowest BCUT2D eigenvalue weighted by Gasteiger charge is -2.29. The van der Waals surface area contributed by atoms with E-state index in [1.165, 1.54) is 41.5 Å². The van der Waals surface area contributed by atoms with Crippen molar-refractivity contribution in [1.82, 2.24) is 15.0 Å². The molecule has 0 amide bonds. The predicted molar refractivity (Wildman–Crippen MR) is 135 cm³/mol. The quantitative estimate of drug-likeness (QED) is 0.454. The first-order chi connectivity index (χ1) is 16.3. The number of rotatable bonds is 9. The Morgan fingerprint density at radius 2 is 1.52 bits per heavy atom. The summed E-state index contributed by atoms with van der Waals surface area (Å²) in [7, 11) is 0. The van der Waals surface area contributed by atoms with E-state index in [-0.39, 0.29) is 0 Å². The van der Waals surface area contributed by atoms with Crippen molar-refractivity contribution in [3.05, 3.63) is 70.8 Å². The Hall–Kier alpha value is -3.15. The zero-order valence-corrected chi connectivity index (χ0v) is 19.6. The maximum Gasteiger partial charge on any atom is 0.232 e. The molecule has 2 aliphatic rings. The van der Waals surface area contributed by atoms with Crippen molar-refractivity contribution in [1.29, 1.82) is 0 Å². The molecular weight excluding hydrogens is 408 g/mol. The smallest absolute Gasteiger partial charge is 0.232 e. The molecule has 0 atom stereocenters. The van der Waals surface area contributed by atoms with Gasteiger partial charge in [-0.05, 0) is 47.9 Å². The maximum atomic E-state index is 4.87. The second kappa shape index (κ2) is 10.2. The lowest BCUT2D eigenvalue weighted by Crippen LogP contribution is -2.32. The number of nitrogens with zero attached hydrogens (tertiary/aromatic N) is 4. The van der Waals surface area contributed by atoms with E-state index in [9.17, 15) is 0 Å². The molecule has 2 aromatic carbocycles. The Bertz CT molecular complexity index is 1060. The van der Waals surface area contributed by atoms with E-state index in [2.05, 4.69) is 71.0 Å². The number of hydrogen-bond acceptors (Lipinski definition) is 6. The molecule has 0 radical (unpaired) electrons. The largest absolute Gasteiger partial charge is 0.354 e. The number of aromatic nitrogens is 3. The third-order valence-corrected chi connectivity index (χ3v) is 6.73. The van der Waals surface area contributed by atoms with Crippen LogP contribution in [0.3, 0.4) is 0 Å². The predicted octanol–water partition coefficient (Wildman–Crippen LogP) is 5.01. The van der Waals surface area contributed by atoms with Crippen molar-refractivity contribution in [2.24, 2.45) is 0 Å². The maximum absolute atomic E-state index is 4.87. The van der Waals surface area contributed by atoms with Crippen LogP contribution in [0.2, 0.25) is 0 Å². The van der Waals surface area contributed by atoms with Crippen LogP contribution in [0.5, 0.6) is 0 Å². The first kappa shape index (κ1) is 21.7. The summed E-state index contributed by atoms with van der Waals surface area (Å²) in [6, 6.07) is 17.7. The molecule has 0 saturated carbocycles. The standard InChI is InChI=1S/C27H34N6/c1-2-3-4-9-15-28-25-30-26(29-24-17-21-11-6-7-12-22(21)18-24)32-27(31-25)33-16-14-20-10-5-8-13-23(20)19-33/h5-8,10-13,24H,2-4,9,14-19H2,1H3,(H2,28,29,30,31,32). The van der Waals surface area contributed by atoms with Crippen LogP contribution >= 0.6 is 0 Å². The van der Waals surface area contributed by atoms with Crippen molar-refractivity contribution in [3.63, 3.8) is 0 Å². The van der Waals surface area contributed by atoms with Crippen LogP contribution in [0.1, 0.15) is 54.9 Å². The van der Waals surface area contributed by atoms with Crippen LogP contribution in [-0.2, 0) is 25.8 Å². The molecule has 33 heavy (non-hydrogen) atoms. The summed E-state index contributed by atoms with van der Waals surface area (Å²) < 4.78 is 0. The summed E-state index contributed by atoms with van der Waals surface area (Å²) in [6.07, 6.45) is 7.91. The van der Waals surface area contributed by atoms with Gasteiger partial charge in [-0.15, -0.1) is 0 Å². The molecule has 2 heterocycles. The first-order valence-electron chi connectivity index (χ1n) is 12.4. The number of anilines is 3. The van der Waals surface area contributed by atoms with Gasteiger partial charge in [0.1, 0.15) is 0 Å². The average Bonchev–Trinajstić information content (AvgIpc) is 3.26. The zero-order valence-electron chi connectivity index (χ0n) is 19.6. The minimum Gasteiger partial charge on any atom is -0.354 e. The van der Waals surface area contributed by atoms with E-state index in [0.29, 0.717) is 17.9 Å². The number of unbranched alkanes of at least 4 members (excludes halogenated alkanes) is 3. The summed E-state index contributed by atoms with van der Waals surface area (Å²) in [4.78, 5) is 16.7. The lowest BCUT2D eigenvalue weighted by molar-refractivity contribution is 0.680. The fraction of sp³-hybridized carbons (Fsp3) is 0.444. The Balaban J connectivity index is 1.33. The first-order valence-corrected chi connectivity index (χ1v) is 12.4.